The molecule has 1 heterocycles. The van der Waals surface area contributed by atoms with E-state index in [0.29, 0.717) is 25.8 Å². The van der Waals surface area contributed by atoms with Crippen LogP contribution in [0.25, 0.3) is 0 Å². The predicted molar refractivity (Wildman–Crippen MR) is 94.9 cm³/mol. The molecule has 134 valence electrons. The lowest BCUT2D eigenvalue weighted by Gasteiger charge is -2.28. The van der Waals surface area contributed by atoms with Crippen molar-refractivity contribution >= 4 is 19.7 Å². The molecule has 25 heavy (non-hydrogen) atoms. The van der Waals surface area contributed by atoms with Crippen LogP contribution in [-0.4, -0.2) is 40.0 Å². The average molecular weight is 362 g/mol. The van der Waals surface area contributed by atoms with E-state index in [1.807, 2.05) is 18.2 Å². The molecule has 0 aromatic heterocycles. The lowest BCUT2D eigenvalue weighted by molar-refractivity contribution is -0.131. The van der Waals surface area contributed by atoms with Crippen molar-refractivity contribution in [2.45, 2.75) is 36.7 Å². The van der Waals surface area contributed by atoms with Crippen molar-refractivity contribution in [3.8, 4) is 0 Å². The molecule has 2 N–H and O–H groups in total. The summed E-state index contributed by atoms with van der Waals surface area (Å²) < 4.78 is 13.1. The highest BCUT2D eigenvalue weighted by molar-refractivity contribution is 7.59. The van der Waals surface area contributed by atoms with Gasteiger partial charge < -0.3 is 15.1 Å². The molecule has 1 saturated heterocycles. The summed E-state index contributed by atoms with van der Waals surface area (Å²) in [5.41, 5.74) is 0.757. The molecule has 1 aliphatic carbocycles. The third-order valence-electron chi connectivity index (χ3n) is 5.20. The highest BCUT2D eigenvalue weighted by Crippen LogP contribution is 2.70. The monoisotopic (exact) mass is 362 g/mol. The summed E-state index contributed by atoms with van der Waals surface area (Å²) in [6.45, 7) is 4.27. The van der Waals surface area contributed by atoms with Crippen LogP contribution in [0.3, 0.4) is 0 Å². The molecule has 1 saturated carbocycles. The molecule has 7 heteroatoms. The molecule has 4 atom stereocenters. The van der Waals surface area contributed by atoms with Gasteiger partial charge in [0.1, 0.15) is 11.3 Å². The van der Waals surface area contributed by atoms with Gasteiger partial charge in [-0.05, 0) is 24.8 Å². The second kappa shape index (κ2) is 6.77. The van der Waals surface area contributed by atoms with E-state index in [2.05, 4.69) is 11.9 Å². The first-order valence-corrected chi connectivity index (χ1v) is 10.3. The molecule has 2 aliphatic rings. The van der Waals surface area contributed by atoms with Crippen molar-refractivity contribution < 1.29 is 19.0 Å². The van der Waals surface area contributed by atoms with E-state index in [-0.39, 0.29) is 18.0 Å². The van der Waals surface area contributed by atoms with E-state index in [4.69, 9.17) is 0 Å². The van der Waals surface area contributed by atoms with E-state index in [9.17, 15) is 19.0 Å². The first kappa shape index (κ1) is 17.9. The molecule has 0 radical (unpaired) electrons. The van der Waals surface area contributed by atoms with E-state index in [1.54, 1.807) is 18.2 Å². The first-order chi connectivity index (χ1) is 11.9. The van der Waals surface area contributed by atoms with Crippen LogP contribution in [0.5, 0.6) is 0 Å². The van der Waals surface area contributed by atoms with E-state index in [1.165, 1.54) is 4.90 Å². The van der Waals surface area contributed by atoms with Crippen LogP contribution in [0, 0.1) is 5.92 Å². The maximum absolute atomic E-state index is 13.1. The summed E-state index contributed by atoms with van der Waals surface area (Å²) in [7, 11) is -3.71. The van der Waals surface area contributed by atoms with Gasteiger partial charge in [-0.2, -0.15) is 0 Å². The number of nitrogens with zero attached hydrogens (tertiary/aromatic N) is 1. The Morgan fingerprint density at radius 3 is 2.76 bits per heavy atom. The SMILES string of the molecule is C=CC1C[C@]1(NC(=O)C1CCCN1C=O)P(=O)(O)Cc1ccccc1. The van der Waals surface area contributed by atoms with Gasteiger partial charge in [-0.1, -0.05) is 36.4 Å². The standard InChI is InChI=1S/C18H23N2O4P/c1-2-15-11-18(15,19-17(22)16-9-6-10-20(16)13-21)25(23,24)12-14-7-4-3-5-8-14/h2-5,7-8,13,15-16H,1,6,9-12H2,(H,19,22)(H,23,24)/t15?,16?,18-/m0/s1. The highest BCUT2D eigenvalue weighted by atomic mass is 31.2. The van der Waals surface area contributed by atoms with Crippen molar-refractivity contribution in [3.63, 3.8) is 0 Å². The summed E-state index contributed by atoms with van der Waals surface area (Å²) in [4.78, 5) is 36.0. The van der Waals surface area contributed by atoms with E-state index in [0.717, 1.165) is 12.0 Å². The highest BCUT2D eigenvalue weighted by Gasteiger charge is 2.65. The average Bonchev–Trinajstić information content (AvgIpc) is 3.11. The van der Waals surface area contributed by atoms with Crippen LogP contribution in [0.2, 0.25) is 0 Å². The second-order valence-corrected chi connectivity index (χ2v) is 9.32. The summed E-state index contributed by atoms with van der Waals surface area (Å²) in [5.74, 6) is -0.585. The van der Waals surface area contributed by atoms with Crippen molar-refractivity contribution in [1.82, 2.24) is 10.2 Å². The maximum Gasteiger partial charge on any atom is 0.243 e. The molecular weight excluding hydrogens is 339 g/mol. The van der Waals surface area contributed by atoms with Crippen molar-refractivity contribution in [3.05, 3.63) is 48.6 Å². The smallest absolute Gasteiger partial charge is 0.243 e. The number of carbonyl (C=O) groups excluding carboxylic acids is 2. The van der Waals surface area contributed by atoms with Gasteiger partial charge in [-0.3, -0.25) is 14.2 Å². The number of hydrogen-bond donors (Lipinski definition) is 2. The van der Waals surface area contributed by atoms with Crippen LogP contribution in [0.1, 0.15) is 24.8 Å². The summed E-state index contributed by atoms with van der Waals surface area (Å²) in [5, 5.41) is 1.64. The van der Waals surface area contributed by atoms with Gasteiger partial charge in [0, 0.05) is 12.5 Å². The van der Waals surface area contributed by atoms with E-state index >= 15 is 0 Å². The molecular formula is C18H23N2O4P. The molecule has 2 fully saturated rings. The Kier molecular flexibility index (Phi) is 4.85. The molecule has 1 aromatic rings. The molecule has 3 unspecified atom stereocenters. The van der Waals surface area contributed by atoms with Crippen molar-refractivity contribution in [2.24, 2.45) is 5.92 Å². The van der Waals surface area contributed by atoms with Gasteiger partial charge in [0.25, 0.3) is 0 Å². The fraction of sp³-hybridized carbons (Fsp3) is 0.444. The molecule has 0 bridgehead atoms. The minimum absolute atomic E-state index is 0.000517. The zero-order chi connectivity index (χ0) is 18.1. The molecule has 0 spiro atoms. The number of benzene rings is 1. The number of rotatable bonds is 7. The van der Waals surface area contributed by atoms with Crippen LogP contribution in [0.15, 0.2) is 43.0 Å². The zero-order valence-corrected chi connectivity index (χ0v) is 14.9. The van der Waals surface area contributed by atoms with Crippen LogP contribution >= 0.6 is 7.37 Å². The third kappa shape index (κ3) is 3.29. The van der Waals surface area contributed by atoms with E-state index < -0.39 is 18.7 Å². The topological polar surface area (TPSA) is 86.7 Å². The summed E-state index contributed by atoms with van der Waals surface area (Å²) in [6.07, 6.45) is 4.03. The number of amides is 2. The number of likely N-dealkylation sites (tertiary alicyclic amines) is 1. The minimum Gasteiger partial charge on any atom is -0.342 e. The predicted octanol–water partition coefficient (Wildman–Crippen LogP) is 2.10. The summed E-state index contributed by atoms with van der Waals surface area (Å²) >= 11 is 0. The number of nitrogens with one attached hydrogen (secondary N) is 1. The largest absolute Gasteiger partial charge is 0.342 e. The van der Waals surface area contributed by atoms with Gasteiger partial charge >= 0.3 is 0 Å². The van der Waals surface area contributed by atoms with Gasteiger partial charge in [-0.15, -0.1) is 6.58 Å². The maximum atomic E-state index is 13.1. The minimum atomic E-state index is -3.71. The van der Waals surface area contributed by atoms with Crippen LogP contribution in [-0.2, 0) is 20.3 Å². The molecule has 3 rings (SSSR count). The Balaban J connectivity index is 1.79. The first-order valence-electron chi connectivity index (χ1n) is 8.45. The molecule has 1 aliphatic heterocycles. The quantitative estimate of drug-likeness (QED) is 0.442. The zero-order valence-electron chi connectivity index (χ0n) is 14.0. The summed E-state index contributed by atoms with van der Waals surface area (Å²) in [6, 6.07) is 8.53. The number of carbonyl (C=O) groups is 2. The Morgan fingerprint density at radius 2 is 2.16 bits per heavy atom. The van der Waals surface area contributed by atoms with Gasteiger partial charge in [0.2, 0.25) is 19.7 Å². The molecule has 1 aromatic carbocycles. The van der Waals surface area contributed by atoms with Gasteiger partial charge in [0.05, 0.1) is 6.16 Å². The van der Waals surface area contributed by atoms with Gasteiger partial charge in [0.15, 0.2) is 0 Å². The molecule has 2 amide bonds. The lowest BCUT2D eigenvalue weighted by atomic mass is 10.2. The Labute approximate surface area is 147 Å². The Bertz CT molecular complexity index is 723. The third-order valence-corrected chi connectivity index (χ3v) is 7.87. The molecule has 6 nitrogen and oxygen atoms in total. The lowest BCUT2D eigenvalue weighted by Crippen LogP contribution is -2.48. The van der Waals surface area contributed by atoms with Crippen molar-refractivity contribution in [2.75, 3.05) is 6.54 Å². The Hall–Kier alpha value is -1.91. The Morgan fingerprint density at radius 1 is 1.44 bits per heavy atom. The number of hydrogen-bond acceptors (Lipinski definition) is 3. The van der Waals surface area contributed by atoms with Crippen LogP contribution < -0.4 is 5.32 Å². The van der Waals surface area contributed by atoms with Gasteiger partial charge in [-0.25, -0.2) is 0 Å². The van der Waals surface area contributed by atoms with Crippen molar-refractivity contribution in [1.29, 1.82) is 0 Å². The normalized spacial score (nSPS) is 30.4. The second-order valence-electron chi connectivity index (χ2n) is 6.81. The fourth-order valence-corrected chi connectivity index (χ4v) is 6.03. The van der Waals surface area contributed by atoms with Crippen LogP contribution in [0.4, 0.5) is 0 Å². The fourth-order valence-electron chi connectivity index (χ4n) is 3.65.